The molecule has 16 heavy (non-hydrogen) atoms. The van der Waals surface area contributed by atoms with Gasteiger partial charge < -0.3 is 0 Å². The van der Waals surface area contributed by atoms with Crippen LogP contribution in [0.1, 0.15) is 0 Å². The van der Waals surface area contributed by atoms with Crippen molar-refractivity contribution in [2.45, 2.75) is 4.34 Å². The SMILES string of the molecule is O=C=CC(=C=O)Sc1nc2ccccc2s1. The van der Waals surface area contributed by atoms with Crippen molar-refractivity contribution < 1.29 is 9.59 Å². The minimum Gasteiger partial charge on any atom is -0.233 e. The highest BCUT2D eigenvalue weighted by Crippen LogP contribution is 2.32. The number of rotatable bonds is 3. The van der Waals surface area contributed by atoms with Crippen LogP contribution in [0.5, 0.6) is 0 Å². The Morgan fingerprint density at radius 1 is 1.38 bits per heavy atom. The molecule has 3 nitrogen and oxygen atoms in total. The van der Waals surface area contributed by atoms with Crippen LogP contribution < -0.4 is 0 Å². The number of hydrogen-bond donors (Lipinski definition) is 0. The number of nitrogens with zero attached hydrogens (tertiary/aromatic N) is 1. The summed E-state index contributed by atoms with van der Waals surface area (Å²) in [5, 5.41) is 0. The molecule has 0 saturated carbocycles. The molecule has 0 spiro atoms. The predicted octanol–water partition coefficient (Wildman–Crippen LogP) is 2.49. The summed E-state index contributed by atoms with van der Waals surface area (Å²) in [6.45, 7) is 0. The molecular formula is C11H5NO2S2. The smallest absolute Gasteiger partial charge is 0.156 e. The van der Waals surface area contributed by atoms with Crippen molar-refractivity contribution in [1.29, 1.82) is 0 Å². The molecule has 0 bridgehead atoms. The van der Waals surface area contributed by atoms with Crippen molar-refractivity contribution in [3.8, 4) is 0 Å². The third kappa shape index (κ3) is 2.30. The molecule has 0 radical (unpaired) electrons. The van der Waals surface area contributed by atoms with Gasteiger partial charge in [0.1, 0.15) is 16.8 Å². The molecule has 1 aromatic heterocycles. The van der Waals surface area contributed by atoms with Gasteiger partial charge in [0.15, 0.2) is 4.34 Å². The van der Waals surface area contributed by atoms with Crippen LogP contribution in [0.25, 0.3) is 10.2 Å². The first-order valence-electron chi connectivity index (χ1n) is 4.33. The second kappa shape index (κ2) is 4.92. The second-order valence-electron chi connectivity index (χ2n) is 2.78. The molecular weight excluding hydrogens is 242 g/mol. The number of fused-ring (bicyclic) bond motifs is 1. The Kier molecular flexibility index (Phi) is 3.34. The fraction of sp³-hybridized carbons (Fsp3) is 0. The number of aromatic nitrogens is 1. The zero-order chi connectivity index (χ0) is 11.4. The highest BCUT2D eigenvalue weighted by Gasteiger charge is 2.06. The molecule has 0 N–H and O–H groups in total. The molecule has 0 aliphatic carbocycles. The number of thiazole rings is 1. The van der Waals surface area contributed by atoms with Gasteiger partial charge in [-0.25, -0.2) is 14.6 Å². The summed E-state index contributed by atoms with van der Waals surface area (Å²) in [5.74, 6) is 3.23. The Labute approximate surface area is 99.5 Å². The zero-order valence-electron chi connectivity index (χ0n) is 7.97. The number of benzene rings is 1. The Morgan fingerprint density at radius 2 is 2.19 bits per heavy atom. The van der Waals surface area contributed by atoms with E-state index in [2.05, 4.69) is 4.98 Å². The topological polar surface area (TPSA) is 47.0 Å². The number of allylic oxidation sites excluding steroid dienone is 1. The molecule has 0 aliphatic rings. The van der Waals surface area contributed by atoms with Crippen LogP contribution >= 0.6 is 23.1 Å². The van der Waals surface area contributed by atoms with E-state index < -0.39 is 0 Å². The van der Waals surface area contributed by atoms with Crippen LogP contribution in [0.3, 0.4) is 0 Å². The van der Waals surface area contributed by atoms with E-state index in [1.54, 1.807) is 11.9 Å². The lowest BCUT2D eigenvalue weighted by atomic mass is 10.3. The average Bonchev–Trinajstić information content (AvgIpc) is 2.70. The molecule has 0 unspecified atom stereocenters. The number of hydrogen-bond acceptors (Lipinski definition) is 5. The van der Waals surface area contributed by atoms with Crippen LogP contribution in [0.4, 0.5) is 0 Å². The van der Waals surface area contributed by atoms with Crippen molar-refractivity contribution >= 4 is 45.2 Å². The normalized spacial score (nSPS) is 9.50. The van der Waals surface area contributed by atoms with E-state index >= 15 is 0 Å². The van der Waals surface area contributed by atoms with Crippen molar-refractivity contribution in [1.82, 2.24) is 4.98 Å². The molecule has 5 heteroatoms. The summed E-state index contributed by atoms with van der Waals surface area (Å²) < 4.78 is 1.76. The summed E-state index contributed by atoms with van der Waals surface area (Å²) >= 11 is 2.59. The van der Waals surface area contributed by atoms with Gasteiger partial charge >= 0.3 is 0 Å². The highest BCUT2D eigenvalue weighted by atomic mass is 32.2. The van der Waals surface area contributed by atoms with Gasteiger partial charge in [0.05, 0.1) is 10.2 Å². The number of thioether (sulfide) groups is 1. The lowest BCUT2D eigenvalue weighted by Crippen LogP contribution is -1.73. The van der Waals surface area contributed by atoms with Crippen molar-refractivity contribution in [3.05, 3.63) is 35.2 Å². The third-order valence-electron chi connectivity index (χ3n) is 1.76. The van der Waals surface area contributed by atoms with Crippen LogP contribution in [0.2, 0.25) is 0 Å². The van der Waals surface area contributed by atoms with Gasteiger partial charge in [-0.05, 0) is 23.9 Å². The van der Waals surface area contributed by atoms with Crippen LogP contribution in [-0.2, 0) is 9.59 Å². The molecule has 0 amide bonds. The quantitative estimate of drug-likeness (QED) is 0.475. The van der Waals surface area contributed by atoms with E-state index in [0.29, 0.717) is 4.34 Å². The molecule has 0 aliphatic heterocycles. The van der Waals surface area contributed by atoms with Crippen LogP contribution in [0, 0.1) is 0 Å². The maximum absolute atomic E-state index is 10.5. The Balaban J connectivity index is 2.34. The Morgan fingerprint density at radius 3 is 2.88 bits per heavy atom. The van der Waals surface area contributed by atoms with E-state index in [4.69, 9.17) is 0 Å². The summed E-state index contributed by atoms with van der Waals surface area (Å²) in [6.07, 6.45) is 1.06. The summed E-state index contributed by atoms with van der Waals surface area (Å²) in [6, 6.07) is 7.68. The molecule has 2 rings (SSSR count). The van der Waals surface area contributed by atoms with E-state index in [1.165, 1.54) is 11.3 Å². The first-order valence-corrected chi connectivity index (χ1v) is 5.96. The van der Waals surface area contributed by atoms with Gasteiger partial charge in [-0.2, -0.15) is 0 Å². The zero-order valence-corrected chi connectivity index (χ0v) is 9.60. The van der Waals surface area contributed by atoms with Crippen LogP contribution in [0.15, 0.2) is 39.6 Å². The minimum atomic E-state index is 0.189. The minimum absolute atomic E-state index is 0.189. The van der Waals surface area contributed by atoms with Crippen molar-refractivity contribution in [2.24, 2.45) is 0 Å². The standard InChI is InChI=1S/C11H5NO2S2/c13-6-5-8(7-14)15-11-12-9-3-1-2-4-10(9)16-11/h1-5H. The van der Waals surface area contributed by atoms with Gasteiger partial charge in [-0.15, -0.1) is 11.3 Å². The molecule has 0 fully saturated rings. The van der Waals surface area contributed by atoms with Gasteiger partial charge in [-0.1, -0.05) is 12.1 Å². The van der Waals surface area contributed by atoms with Gasteiger partial charge in [-0.3, -0.25) is 0 Å². The predicted molar refractivity (Wildman–Crippen MR) is 64.9 cm³/mol. The van der Waals surface area contributed by atoms with Crippen molar-refractivity contribution in [3.63, 3.8) is 0 Å². The Bertz CT molecular complexity index is 587. The molecule has 0 atom stereocenters. The summed E-state index contributed by atoms with van der Waals surface area (Å²) in [4.78, 5) is 25.1. The average molecular weight is 247 g/mol. The van der Waals surface area contributed by atoms with Gasteiger partial charge in [0.25, 0.3) is 0 Å². The summed E-state index contributed by atoms with van der Waals surface area (Å²) in [7, 11) is 0. The van der Waals surface area contributed by atoms with Gasteiger partial charge in [0, 0.05) is 6.08 Å². The van der Waals surface area contributed by atoms with E-state index in [-0.39, 0.29) is 4.91 Å². The maximum Gasteiger partial charge on any atom is 0.156 e. The summed E-state index contributed by atoms with van der Waals surface area (Å²) in [5.41, 5.74) is 0.885. The second-order valence-corrected chi connectivity index (χ2v) is 5.10. The molecule has 2 aromatic rings. The molecule has 0 saturated heterocycles. The first-order chi connectivity index (χ1) is 7.83. The van der Waals surface area contributed by atoms with E-state index in [1.807, 2.05) is 24.3 Å². The Hall–Kier alpha value is -1.64. The first kappa shape index (κ1) is 10.9. The largest absolute Gasteiger partial charge is 0.233 e. The van der Waals surface area contributed by atoms with E-state index in [9.17, 15) is 9.59 Å². The fourth-order valence-electron chi connectivity index (χ4n) is 1.12. The molecule has 78 valence electrons. The highest BCUT2D eigenvalue weighted by molar-refractivity contribution is 8.05. The number of carbonyl (C=O) groups excluding carboxylic acids is 2. The van der Waals surface area contributed by atoms with Gasteiger partial charge in [0.2, 0.25) is 0 Å². The maximum atomic E-state index is 10.5. The third-order valence-corrected chi connectivity index (χ3v) is 3.78. The van der Waals surface area contributed by atoms with E-state index in [0.717, 1.165) is 28.1 Å². The number of para-hydroxylation sites is 1. The van der Waals surface area contributed by atoms with Crippen LogP contribution in [-0.4, -0.2) is 16.9 Å². The lowest BCUT2D eigenvalue weighted by Gasteiger charge is -1.88. The fourth-order valence-corrected chi connectivity index (χ4v) is 3.01. The lowest BCUT2D eigenvalue weighted by molar-refractivity contribution is 0.566. The monoisotopic (exact) mass is 247 g/mol. The van der Waals surface area contributed by atoms with Crippen molar-refractivity contribution in [2.75, 3.05) is 0 Å². The molecule has 1 aromatic carbocycles. The molecule has 1 heterocycles.